The lowest BCUT2D eigenvalue weighted by Crippen LogP contribution is -2.18. The van der Waals surface area contributed by atoms with Crippen LogP contribution in [0.25, 0.3) is 11.2 Å². The first kappa shape index (κ1) is 38.7. The van der Waals surface area contributed by atoms with Gasteiger partial charge in [-0.1, -0.05) is 122 Å². The van der Waals surface area contributed by atoms with Crippen LogP contribution < -0.4 is 11.9 Å². The molecule has 0 aromatic carbocycles. The number of ether oxygens (including phenoxy) is 1. The molecule has 0 radical (unpaired) electrons. The first-order valence-electron chi connectivity index (χ1n) is 16.1. The zero-order chi connectivity index (χ0) is 30.0. The molecule has 0 fully saturated rings. The molecule has 2 aromatic heterocycles. The van der Waals surface area contributed by atoms with Crippen LogP contribution in [0.3, 0.4) is 0 Å². The van der Waals surface area contributed by atoms with Crippen molar-refractivity contribution in [2.75, 3.05) is 18.7 Å². The Morgan fingerprint density at radius 2 is 1.36 bits per heavy atom. The van der Waals surface area contributed by atoms with Crippen LogP contribution in [0.2, 0.25) is 25.7 Å². The van der Waals surface area contributed by atoms with E-state index in [1.165, 1.54) is 95.8 Å². The molecule has 0 saturated heterocycles. The highest BCUT2D eigenvalue weighted by Gasteiger charge is 2.21. The minimum atomic E-state index is -3.78. The number of imidazole rings is 1. The van der Waals surface area contributed by atoms with Gasteiger partial charge in [-0.25, -0.2) is 15.0 Å². The quantitative estimate of drug-likeness (QED) is 0.0557. The van der Waals surface area contributed by atoms with E-state index in [0.717, 1.165) is 19.3 Å². The summed E-state index contributed by atoms with van der Waals surface area (Å²) in [5.74, 6) is 0.320. The highest BCUT2D eigenvalue weighted by Crippen LogP contribution is 2.42. The number of hydrogen-bond donors (Lipinski definition) is 3. The van der Waals surface area contributed by atoms with Crippen LogP contribution in [-0.2, 0) is 20.4 Å². The van der Waals surface area contributed by atoms with E-state index in [-0.39, 0.29) is 25.2 Å². The van der Waals surface area contributed by atoms with Crippen molar-refractivity contribution >= 4 is 32.7 Å². The number of fused-ring (bicyclic) bond motifs is 1. The van der Waals surface area contributed by atoms with Crippen molar-refractivity contribution in [3.05, 3.63) is 12.7 Å². The van der Waals surface area contributed by atoms with Crippen molar-refractivity contribution in [3.8, 4) is 0 Å². The second-order valence-electron chi connectivity index (χ2n) is 12.9. The topological polar surface area (TPSA) is 162 Å². The third-order valence-electron chi connectivity index (χ3n) is 7.52. The summed E-state index contributed by atoms with van der Waals surface area (Å²) in [6.07, 6.45) is 23.2. The molecule has 12 heteroatoms. The van der Waals surface area contributed by atoms with Crippen LogP contribution in [0, 0.1) is 0 Å². The highest BCUT2D eigenvalue weighted by atomic mass is 31.2. The third kappa shape index (κ3) is 17.7. The number of aromatic nitrogens is 4. The van der Waals surface area contributed by atoms with Gasteiger partial charge in [0.15, 0.2) is 11.5 Å². The van der Waals surface area contributed by atoms with Crippen LogP contribution in [-0.4, -0.2) is 51.5 Å². The van der Waals surface area contributed by atoms with Gasteiger partial charge in [0.1, 0.15) is 18.2 Å². The van der Waals surface area contributed by atoms with Crippen molar-refractivity contribution in [1.82, 2.24) is 25.7 Å². The molecular formula is C30H62N6O4PSi+. The standard InChI is InChI=1S/C30H58N5O4PSi.H3N/c1-27(23-35-25-34-28-29(31)32-24-33-30(28)35)38-26-40(36,37)39-21-19-17-15-13-11-9-7-5-6-8-10-12-14-16-18-20-22-41(2,3)4;/h24-25,27H,5-23,26H2,1-4H3,(H,36,37)(H2,31,32,33);1H3/p+1/t27-;/m1./s1. The Balaban J connectivity index is 0.00000882. The summed E-state index contributed by atoms with van der Waals surface area (Å²) in [7, 11) is -4.61. The largest absolute Gasteiger partial charge is 0.382 e. The molecule has 2 rings (SSSR count). The summed E-state index contributed by atoms with van der Waals surface area (Å²) >= 11 is 0. The van der Waals surface area contributed by atoms with E-state index < -0.39 is 15.7 Å². The summed E-state index contributed by atoms with van der Waals surface area (Å²) < 4.78 is 25.0. The van der Waals surface area contributed by atoms with Gasteiger partial charge in [-0.05, 0) is 13.3 Å². The summed E-state index contributed by atoms with van der Waals surface area (Å²) in [4.78, 5) is 22.5. The molecule has 244 valence electrons. The Morgan fingerprint density at radius 1 is 0.857 bits per heavy atom. The maximum atomic E-state index is 12.3. The van der Waals surface area contributed by atoms with Gasteiger partial charge >= 0.3 is 7.60 Å². The van der Waals surface area contributed by atoms with E-state index in [4.69, 9.17) is 15.0 Å². The summed E-state index contributed by atoms with van der Waals surface area (Å²) in [6, 6.07) is 1.49. The van der Waals surface area contributed by atoms with Crippen LogP contribution in [0.5, 0.6) is 0 Å². The smallest absolute Gasteiger partial charge is 0.353 e. The van der Waals surface area contributed by atoms with Crippen LogP contribution >= 0.6 is 7.60 Å². The first-order chi connectivity index (χ1) is 19.6. The maximum absolute atomic E-state index is 12.3. The van der Waals surface area contributed by atoms with Gasteiger partial charge in [0.25, 0.3) is 0 Å². The lowest BCUT2D eigenvalue weighted by Gasteiger charge is -2.17. The molecule has 0 amide bonds. The SMILES string of the molecule is C[C@H](Cn1cnc2c(N)ncnc21)OCP(=O)(O)OCCCCCCCCCCCCCCCCCC[Si](C)(C)C.[NH4+]. The fourth-order valence-electron chi connectivity index (χ4n) is 5.06. The van der Waals surface area contributed by atoms with E-state index in [1.54, 1.807) is 10.9 Å². The predicted octanol–water partition coefficient (Wildman–Crippen LogP) is 8.93. The molecular weight excluding hydrogens is 567 g/mol. The zero-order valence-corrected chi connectivity index (χ0v) is 29.3. The predicted molar refractivity (Wildman–Crippen MR) is 179 cm³/mol. The Bertz CT molecular complexity index is 1020. The van der Waals surface area contributed by atoms with Gasteiger partial charge in [-0.15, -0.1) is 0 Å². The molecule has 42 heavy (non-hydrogen) atoms. The van der Waals surface area contributed by atoms with E-state index in [2.05, 4.69) is 34.6 Å². The molecule has 0 bridgehead atoms. The van der Waals surface area contributed by atoms with Crippen molar-refractivity contribution < 1.29 is 18.7 Å². The fourth-order valence-corrected chi connectivity index (χ4v) is 7.30. The normalized spacial score (nSPS) is 14.1. The zero-order valence-electron chi connectivity index (χ0n) is 27.4. The summed E-state index contributed by atoms with van der Waals surface area (Å²) in [5, 5.41) is 0. The van der Waals surface area contributed by atoms with E-state index in [0.29, 0.717) is 23.5 Å². The molecule has 2 aromatic rings. The van der Waals surface area contributed by atoms with Crippen LogP contribution in [0.1, 0.15) is 110 Å². The van der Waals surface area contributed by atoms with Gasteiger partial charge in [-0.3, -0.25) is 4.57 Å². The number of nitrogen functional groups attached to an aromatic ring is 1. The van der Waals surface area contributed by atoms with E-state index >= 15 is 0 Å². The molecule has 0 spiro atoms. The van der Waals surface area contributed by atoms with Crippen molar-refractivity contribution in [1.29, 1.82) is 0 Å². The molecule has 2 heterocycles. The average Bonchev–Trinajstić information content (AvgIpc) is 3.32. The van der Waals surface area contributed by atoms with Crippen LogP contribution in [0.15, 0.2) is 12.7 Å². The second-order valence-corrected chi connectivity index (χ2v) is 20.3. The number of unbranched alkanes of at least 4 members (excludes halogenated alkanes) is 15. The Hall–Kier alpha value is -1.36. The van der Waals surface area contributed by atoms with Crippen molar-refractivity contribution in [3.63, 3.8) is 0 Å². The molecule has 0 saturated carbocycles. The summed E-state index contributed by atoms with van der Waals surface area (Å²) in [6.45, 7) is 9.97. The number of anilines is 1. The van der Waals surface area contributed by atoms with Gasteiger partial charge < -0.3 is 30.6 Å². The number of nitrogens with zero attached hydrogens (tertiary/aromatic N) is 4. The molecule has 1 unspecified atom stereocenters. The monoisotopic (exact) mass is 629 g/mol. The Kier molecular flexibility index (Phi) is 19.7. The van der Waals surface area contributed by atoms with Crippen LogP contribution in [0.4, 0.5) is 5.82 Å². The average molecular weight is 630 g/mol. The first-order valence-corrected chi connectivity index (χ1v) is 21.5. The lowest BCUT2D eigenvalue weighted by molar-refractivity contribution is 0.0715. The molecule has 7 N–H and O–H groups in total. The molecule has 0 aliphatic rings. The summed E-state index contributed by atoms with van der Waals surface area (Å²) in [5.41, 5.74) is 6.96. The van der Waals surface area contributed by atoms with Gasteiger partial charge in [-0.2, -0.15) is 0 Å². The second kappa shape index (κ2) is 21.4. The lowest BCUT2D eigenvalue weighted by atomic mass is 10.0. The van der Waals surface area contributed by atoms with E-state index in [9.17, 15) is 9.46 Å². The maximum Gasteiger partial charge on any atom is 0.353 e. The van der Waals surface area contributed by atoms with Gasteiger partial charge in [0.2, 0.25) is 0 Å². The molecule has 0 aliphatic heterocycles. The minimum absolute atomic E-state index is 0. The van der Waals surface area contributed by atoms with Gasteiger partial charge in [0, 0.05) is 8.07 Å². The number of hydrogen-bond acceptors (Lipinski definition) is 7. The van der Waals surface area contributed by atoms with Crippen molar-refractivity contribution in [2.24, 2.45) is 0 Å². The van der Waals surface area contributed by atoms with Gasteiger partial charge in [0.05, 0.1) is 25.6 Å². The molecule has 0 aliphatic carbocycles. The Labute approximate surface area is 256 Å². The number of quaternary nitrogens is 1. The number of rotatable bonds is 25. The van der Waals surface area contributed by atoms with Crippen molar-refractivity contribution in [2.45, 2.75) is 148 Å². The highest BCUT2D eigenvalue weighted by molar-refractivity contribution is 7.52. The van der Waals surface area contributed by atoms with E-state index in [1.807, 2.05) is 6.92 Å². The molecule has 10 nitrogen and oxygen atoms in total. The molecule has 2 atom stereocenters. The minimum Gasteiger partial charge on any atom is -0.382 e. The third-order valence-corrected chi connectivity index (χ3v) is 10.4. The Morgan fingerprint density at radius 3 is 1.88 bits per heavy atom. The fraction of sp³-hybridized carbons (Fsp3) is 0.833. The number of nitrogens with two attached hydrogens (primary N) is 1.